The molecular formula is C28H34F3N3O4S. The summed E-state index contributed by atoms with van der Waals surface area (Å²) in [6.45, 7) is 4.18. The summed E-state index contributed by atoms with van der Waals surface area (Å²) in [5.74, 6) is -1.09. The van der Waals surface area contributed by atoms with Gasteiger partial charge in [-0.25, -0.2) is 8.42 Å². The second-order valence-corrected chi connectivity index (χ2v) is 12.5. The molecule has 11 heteroatoms. The Morgan fingerprint density at radius 1 is 1.13 bits per heavy atom. The van der Waals surface area contributed by atoms with Crippen molar-refractivity contribution >= 4 is 26.6 Å². The molecule has 1 saturated carbocycles. The number of aromatic amines is 1. The summed E-state index contributed by atoms with van der Waals surface area (Å²) >= 11 is 0. The van der Waals surface area contributed by atoms with Crippen molar-refractivity contribution in [1.29, 1.82) is 0 Å². The van der Waals surface area contributed by atoms with Crippen molar-refractivity contribution in [3.63, 3.8) is 0 Å². The van der Waals surface area contributed by atoms with Crippen molar-refractivity contribution in [2.75, 3.05) is 12.8 Å². The SMILES string of the molecule is CC(C)N(C)[C@@H]1CC[C@H](NC(=O)Cc2cc3cccc(OC(F)(F)F)c3[nH]2)[C@H](CS(=O)(=O)c2ccccc2)C1. The number of ether oxygens (including phenoxy) is 1. The number of amides is 1. The lowest BCUT2D eigenvalue weighted by atomic mass is 9.81. The van der Waals surface area contributed by atoms with E-state index in [4.69, 9.17) is 0 Å². The number of nitrogens with one attached hydrogen (secondary N) is 2. The van der Waals surface area contributed by atoms with Crippen molar-refractivity contribution in [3.8, 4) is 5.75 Å². The van der Waals surface area contributed by atoms with Crippen LogP contribution in [0.3, 0.4) is 0 Å². The Kier molecular flexibility index (Phi) is 8.60. The molecule has 2 N–H and O–H groups in total. The number of sulfone groups is 1. The molecule has 0 unspecified atom stereocenters. The van der Waals surface area contributed by atoms with E-state index in [1.54, 1.807) is 42.5 Å². The van der Waals surface area contributed by atoms with Crippen LogP contribution in [0.15, 0.2) is 59.5 Å². The van der Waals surface area contributed by atoms with E-state index in [1.807, 2.05) is 7.05 Å². The number of carbonyl (C=O) groups excluding carboxylic acids is 1. The largest absolute Gasteiger partial charge is 0.573 e. The van der Waals surface area contributed by atoms with Crippen LogP contribution in [0.25, 0.3) is 10.9 Å². The van der Waals surface area contributed by atoms with Crippen molar-refractivity contribution < 1.29 is 31.1 Å². The zero-order valence-electron chi connectivity index (χ0n) is 22.2. The van der Waals surface area contributed by atoms with Gasteiger partial charge in [-0.1, -0.05) is 30.3 Å². The van der Waals surface area contributed by atoms with Crippen LogP contribution in [0.1, 0.15) is 38.8 Å². The molecule has 1 aliphatic carbocycles. The normalized spacial score (nSPS) is 20.5. The first-order chi connectivity index (χ1) is 18.3. The Morgan fingerprint density at radius 3 is 2.51 bits per heavy atom. The number of para-hydroxylation sites is 1. The van der Waals surface area contributed by atoms with E-state index in [9.17, 15) is 26.4 Å². The first kappa shape index (κ1) is 28.9. The third-order valence-electron chi connectivity index (χ3n) is 7.48. The van der Waals surface area contributed by atoms with Crippen LogP contribution in [0.2, 0.25) is 0 Å². The van der Waals surface area contributed by atoms with E-state index in [0.717, 1.165) is 6.42 Å². The second-order valence-electron chi connectivity index (χ2n) is 10.5. The van der Waals surface area contributed by atoms with Gasteiger partial charge >= 0.3 is 6.36 Å². The van der Waals surface area contributed by atoms with Crippen molar-refractivity contribution in [2.45, 2.75) is 68.9 Å². The third kappa shape index (κ3) is 7.33. The van der Waals surface area contributed by atoms with E-state index < -0.39 is 16.2 Å². The van der Waals surface area contributed by atoms with Crippen LogP contribution in [0.5, 0.6) is 5.75 Å². The number of aromatic nitrogens is 1. The van der Waals surface area contributed by atoms with Gasteiger partial charge in [0.2, 0.25) is 5.91 Å². The molecule has 0 saturated heterocycles. The van der Waals surface area contributed by atoms with Gasteiger partial charge in [0.05, 0.1) is 22.6 Å². The predicted molar refractivity (Wildman–Crippen MR) is 143 cm³/mol. The molecule has 0 radical (unpaired) electrons. The number of nitrogens with zero attached hydrogens (tertiary/aromatic N) is 1. The van der Waals surface area contributed by atoms with Gasteiger partial charge in [0, 0.05) is 29.2 Å². The molecule has 1 aromatic heterocycles. The van der Waals surface area contributed by atoms with Gasteiger partial charge in [-0.05, 0) is 70.3 Å². The number of hydrogen-bond donors (Lipinski definition) is 2. The summed E-state index contributed by atoms with van der Waals surface area (Å²) in [4.78, 5) is 18.4. The molecule has 7 nitrogen and oxygen atoms in total. The summed E-state index contributed by atoms with van der Waals surface area (Å²) in [5, 5.41) is 3.51. The number of alkyl halides is 3. The van der Waals surface area contributed by atoms with Gasteiger partial charge in [0.1, 0.15) is 0 Å². The number of benzene rings is 2. The number of H-pyrrole nitrogens is 1. The molecule has 4 rings (SSSR count). The topological polar surface area (TPSA) is 91.5 Å². The first-order valence-corrected chi connectivity index (χ1v) is 14.6. The Labute approximate surface area is 226 Å². The maximum absolute atomic E-state index is 13.2. The third-order valence-corrected chi connectivity index (χ3v) is 9.34. The van der Waals surface area contributed by atoms with Gasteiger partial charge < -0.3 is 19.9 Å². The number of hydrogen-bond acceptors (Lipinski definition) is 5. The summed E-state index contributed by atoms with van der Waals surface area (Å²) in [5.41, 5.74) is 0.587. The fraction of sp³-hybridized carbons (Fsp3) is 0.464. The molecule has 3 aromatic rings. The van der Waals surface area contributed by atoms with Gasteiger partial charge in [0.25, 0.3) is 0 Å². The van der Waals surface area contributed by atoms with Crippen molar-refractivity contribution in [3.05, 3.63) is 60.3 Å². The van der Waals surface area contributed by atoms with Crippen molar-refractivity contribution in [2.24, 2.45) is 5.92 Å². The maximum atomic E-state index is 13.2. The molecule has 0 aliphatic heterocycles. The number of rotatable bonds is 9. The average molecular weight is 566 g/mol. The summed E-state index contributed by atoms with van der Waals surface area (Å²) in [6.07, 6.45) is -2.88. The van der Waals surface area contributed by atoms with Gasteiger partial charge in [-0.2, -0.15) is 0 Å². The predicted octanol–water partition coefficient (Wildman–Crippen LogP) is 5.08. The van der Waals surface area contributed by atoms with Crippen LogP contribution < -0.4 is 10.1 Å². The number of halogens is 3. The smallest absolute Gasteiger partial charge is 0.404 e. The van der Waals surface area contributed by atoms with Gasteiger partial charge in [0.15, 0.2) is 15.6 Å². The molecule has 1 aliphatic rings. The second kappa shape index (κ2) is 11.6. The van der Waals surface area contributed by atoms with Crippen LogP contribution in [-0.2, 0) is 21.1 Å². The molecule has 0 spiro atoms. The molecule has 1 heterocycles. The van der Waals surface area contributed by atoms with Crippen LogP contribution in [-0.4, -0.2) is 61.5 Å². The molecular weight excluding hydrogens is 531 g/mol. The highest BCUT2D eigenvalue weighted by atomic mass is 32.2. The minimum absolute atomic E-state index is 0.0884. The minimum atomic E-state index is -4.84. The number of carbonyl (C=O) groups is 1. The Hall–Kier alpha value is -3.05. The van der Waals surface area contributed by atoms with Crippen LogP contribution in [0, 0.1) is 5.92 Å². The Morgan fingerprint density at radius 2 is 1.85 bits per heavy atom. The summed E-state index contributed by atoms with van der Waals surface area (Å²) in [7, 11) is -1.54. The van der Waals surface area contributed by atoms with Gasteiger partial charge in [-0.3, -0.25) is 4.79 Å². The average Bonchev–Trinajstić information content (AvgIpc) is 3.27. The van der Waals surface area contributed by atoms with Crippen molar-refractivity contribution in [1.82, 2.24) is 15.2 Å². The summed E-state index contributed by atoms with van der Waals surface area (Å²) in [6, 6.07) is 14.3. The fourth-order valence-electron chi connectivity index (χ4n) is 5.33. The highest BCUT2D eigenvalue weighted by molar-refractivity contribution is 7.91. The molecule has 3 atom stereocenters. The van der Waals surface area contributed by atoms with Crippen LogP contribution in [0.4, 0.5) is 13.2 Å². The molecule has 1 fully saturated rings. The van der Waals surface area contributed by atoms with E-state index in [0.29, 0.717) is 30.0 Å². The highest BCUT2D eigenvalue weighted by Crippen LogP contribution is 2.32. The molecule has 212 valence electrons. The quantitative estimate of drug-likeness (QED) is 0.378. The lowest BCUT2D eigenvalue weighted by Crippen LogP contribution is -2.51. The van der Waals surface area contributed by atoms with Crippen LogP contribution >= 0.6 is 0 Å². The molecule has 2 aromatic carbocycles. The molecule has 0 bridgehead atoms. The monoisotopic (exact) mass is 565 g/mol. The lowest BCUT2D eigenvalue weighted by molar-refractivity contribution is -0.274. The zero-order valence-corrected chi connectivity index (χ0v) is 23.0. The van der Waals surface area contributed by atoms with E-state index >= 15 is 0 Å². The summed E-state index contributed by atoms with van der Waals surface area (Å²) < 4.78 is 68.9. The molecule has 39 heavy (non-hydrogen) atoms. The number of fused-ring (bicyclic) bond motifs is 1. The Balaban J connectivity index is 1.50. The van der Waals surface area contributed by atoms with E-state index in [2.05, 4.69) is 33.8 Å². The van der Waals surface area contributed by atoms with E-state index in [1.165, 1.54) is 12.1 Å². The zero-order chi connectivity index (χ0) is 28.4. The Bertz CT molecular complexity index is 1390. The molecule has 1 amide bonds. The maximum Gasteiger partial charge on any atom is 0.573 e. The fourth-order valence-corrected chi connectivity index (χ4v) is 7.03. The highest BCUT2D eigenvalue weighted by Gasteiger charge is 2.37. The van der Waals surface area contributed by atoms with E-state index in [-0.39, 0.29) is 52.2 Å². The lowest BCUT2D eigenvalue weighted by Gasteiger charge is -2.41. The first-order valence-electron chi connectivity index (χ1n) is 13.0. The van der Waals surface area contributed by atoms with Gasteiger partial charge in [-0.15, -0.1) is 13.2 Å². The standard InChI is InChI=1S/C28H34F3N3O4S/c1-18(2)34(3)22-12-13-24(20(15-22)17-39(36,37)23-9-5-4-6-10-23)33-26(35)16-21-14-19-8-7-11-25(27(19)32-21)38-28(29,30)31/h4-11,14,18,20,22,24,32H,12-13,15-17H2,1-3H3,(H,33,35)/t20-,22+,24-/m0/s1. The minimum Gasteiger partial charge on any atom is -0.404 e.